The molecule has 11 heteroatoms. The van der Waals surface area contributed by atoms with Crippen LogP contribution in [0.1, 0.15) is 58.1 Å². The average Bonchev–Trinajstić information content (AvgIpc) is 3.23. The number of hydrogen-bond acceptors (Lipinski definition) is 8. The average molecular weight is 555 g/mol. The third-order valence-corrected chi connectivity index (χ3v) is 8.33. The number of fused-ring (bicyclic) bond motifs is 1. The number of imide groups is 1. The van der Waals surface area contributed by atoms with Crippen LogP contribution in [0.5, 0.6) is 0 Å². The molecule has 0 saturated carbocycles. The summed E-state index contributed by atoms with van der Waals surface area (Å²) in [6.07, 6.45) is 2.61. The summed E-state index contributed by atoms with van der Waals surface area (Å²) in [7, 11) is 1.90. The lowest BCUT2D eigenvalue weighted by Gasteiger charge is -2.43. The normalized spacial score (nSPS) is 23.5. The van der Waals surface area contributed by atoms with Crippen LogP contribution in [0.2, 0.25) is 0 Å². The zero-order chi connectivity index (χ0) is 28.6. The lowest BCUT2D eigenvalue weighted by molar-refractivity contribution is -0.134. The van der Waals surface area contributed by atoms with Crippen LogP contribution in [-0.4, -0.2) is 100 Å². The molecule has 0 aliphatic carbocycles. The Balaban J connectivity index is 1.17. The highest BCUT2D eigenvalue weighted by Gasteiger charge is 2.35. The molecule has 11 nitrogen and oxygen atoms in total. The van der Waals surface area contributed by atoms with Gasteiger partial charge in [-0.3, -0.25) is 24.5 Å². The summed E-state index contributed by atoms with van der Waals surface area (Å²) < 4.78 is 7.37. The number of hydrogen-bond donors (Lipinski definition) is 2. The van der Waals surface area contributed by atoms with Crippen LogP contribution in [0.25, 0.3) is 10.9 Å². The van der Waals surface area contributed by atoms with E-state index in [1.165, 1.54) is 0 Å². The van der Waals surface area contributed by atoms with Gasteiger partial charge in [0.25, 0.3) is 0 Å². The maximum absolute atomic E-state index is 12.6. The number of carbonyl (C=O) groups is 3. The number of ether oxygens (including phenoxy) is 1. The van der Waals surface area contributed by atoms with E-state index in [9.17, 15) is 19.5 Å². The van der Waals surface area contributed by atoms with Crippen molar-refractivity contribution in [2.75, 3.05) is 50.8 Å². The summed E-state index contributed by atoms with van der Waals surface area (Å²) in [5.74, 6) is -0.329. The molecule has 0 radical (unpaired) electrons. The standard InChI is InChI=1S/C29H42N6O5/c1-29(2,3)40-28(39)35-14-13-33(17-21(35)18-36)16-19-9-11-34(12-10-19)20-5-6-22-24(15-20)32(4)31-26(22)23-7-8-25(37)30-27(23)38/h5-6,15,19,21,23,36H,7-14,16-18H2,1-4H3,(H,30,37,38)/t21-,23?/m1/s1. The van der Waals surface area contributed by atoms with Crippen molar-refractivity contribution in [1.29, 1.82) is 0 Å². The van der Waals surface area contributed by atoms with Crippen LogP contribution >= 0.6 is 0 Å². The van der Waals surface area contributed by atoms with Gasteiger partial charge in [-0.2, -0.15) is 5.10 Å². The lowest BCUT2D eigenvalue weighted by atomic mass is 9.92. The Hall–Kier alpha value is -3.18. The Labute approximate surface area is 235 Å². The van der Waals surface area contributed by atoms with E-state index in [1.54, 1.807) is 4.90 Å². The molecule has 4 heterocycles. The molecule has 3 fully saturated rings. The number of rotatable bonds is 5. The minimum absolute atomic E-state index is 0.0735. The number of carbonyl (C=O) groups excluding carboxylic acids is 3. The van der Waals surface area contributed by atoms with Crippen molar-refractivity contribution in [3.05, 3.63) is 23.9 Å². The third kappa shape index (κ3) is 6.10. The fraction of sp³-hybridized carbons (Fsp3) is 0.655. The molecule has 2 N–H and O–H groups in total. The summed E-state index contributed by atoms with van der Waals surface area (Å²) in [6, 6.07) is 6.07. The first kappa shape index (κ1) is 28.4. The van der Waals surface area contributed by atoms with Gasteiger partial charge in [0.05, 0.1) is 29.8 Å². The van der Waals surface area contributed by atoms with E-state index in [4.69, 9.17) is 4.74 Å². The molecule has 3 saturated heterocycles. The van der Waals surface area contributed by atoms with Crippen molar-refractivity contribution in [2.45, 2.75) is 64.0 Å². The number of aliphatic hydroxyl groups is 1. The second-order valence-corrected chi connectivity index (χ2v) is 12.4. The van der Waals surface area contributed by atoms with Crippen LogP contribution < -0.4 is 10.2 Å². The Morgan fingerprint density at radius 1 is 1.12 bits per heavy atom. The van der Waals surface area contributed by atoms with Gasteiger partial charge in [0.2, 0.25) is 11.8 Å². The van der Waals surface area contributed by atoms with Gasteiger partial charge in [-0.15, -0.1) is 0 Å². The maximum Gasteiger partial charge on any atom is 0.410 e. The van der Waals surface area contributed by atoms with E-state index < -0.39 is 11.5 Å². The molecule has 1 unspecified atom stereocenters. The molecule has 218 valence electrons. The van der Waals surface area contributed by atoms with Crippen molar-refractivity contribution < 1.29 is 24.2 Å². The van der Waals surface area contributed by atoms with Crippen LogP contribution in [0.4, 0.5) is 10.5 Å². The maximum atomic E-state index is 12.6. The van der Waals surface area contributed by atoms with E-state index in [-0.39, 0.29) is 30.6 Å². The van der Waals surface area contributed by atoms with Crippen molar-refractivity contribution in [3.8, 4) is 0 Å². The first-order valence-electron chi connectivity index (χ1n) is 14.4. The molecular weight excluding hydrogens is 512 g/mol. The van der Waals surface area contributed by atoms with Gasteiger partial charge in [-0.25, -0.2) is 4.79 Å². The topological polar surface area (TPSA) is 120 Å². The van der Waals surface area contributed by atoms with Crippen LogP contribution in [0.15, 0.2) is 18.2 Å². The largest absolute Gasteiger partial charge is 0.444 e. The Kier molecular flexibility index (Phi) is 8.05. The number of aliphatic hydroxyl groups excluding tert-OH is 1. The van der Waals surface area contributed by atoms with Crippen molar-refractivity contribution in [1.82, 2.24) is 24.9 Å². The number of aromatic nitrogens is 2. The smallest absolute Gasteiger partial charge is 0.410 e. The third-order valence-electron chi connectivity index (χ3n) is 8.33. The van der Waals surface area contributed by atoms with E-state index >= 15 is 0 Å². The molecule has 0 bridgehead atoms. The van der Waals surface area contributed by atoms with Gasteiger partial charge in [0.15, 0.2) is 0 Å². The summed E-state index contributed by atoms with van der Waals surface area (Å²) >= 11 is 0. The van der Waals surface area contributed by atoms with Crippen LogP contribution in [0, 0.1) is 5.92 Å². The Morgan fingerprint density at radius 2 is 1.88 bits per heavy atom. The predicted octanol–water partition coefficient (Wildman–Crippen LogP) is 2.22. The summed E-state index contributed by atoms with van der Waals surface area (Å²) in [6.45, 7) is 10.4. The molecule has 0 spiro atoms. The fourth-order valence-electron chi connectivity index (χ4n) is 6.22. The van der Waals surface area contributed by atoms with E-state index in [2.05, 4.69) is 38.4 Å². The summed E-state index contributed by atoms with van der Waals surface area (Å²) in [5, 5.41) is 18.0. The second-order valence-electron chi connectivity index (χ2n) is 12.4. The van der Waals surface area contributed by atoms with Gasteiger partial charge in [-0.05, 0) is 64.2 Å². The molecule has 3 amide bonds. The lowest BCUT2D eigenvalue weighted by Crippen LogP contribution is -2.58. The van der Waals surface area contributed by atoms with Gasteiger partial charge in [-0.1, -0.05) is 0 Å². The minimum atomic E-state index is -0.556. The molecule has 3 aliphatic rings. The van der Waals surface area contributed by atoms with Crippen molar-refractivity contribution >= 4 is 34.5 Å². The van der Waals surface area contributed by atoms with Gasteiger partial charge in [0, 0.05) is 63.8 Å². The number of benzene rings is 1. The Morgan fingerprint density at radius 3 is 2.55 bits per heavy atom. The molecular formula is C29H42N6O5. The van der Waals surface area contributed by atoms with Gasteiger partial charge < -0.3 is 19.6 Å². The highest BCUT2D eigenvalue weighted by Crippen LogP contribution is 2.33. The van der Waals surface area contributed by atoms with Crippen LogP contribution in [0.3, 0.4) is 0 Å². The number of aryl methyl sites for hydroxylation is 1. The number of nitrogens with zero attached hydrogens (tertiary/aromatic N) is 5. The van der Waals surface area contributed by atoms with Gasteiger partial charge >= 0.3 is 6.09 Å². The second kappa shape index (κ2) is 11.4. The molecule has 1 aromatic carbocycles. The molecule has 1 aromatic heterocycles. The highest BCUT2D eigenvalue weighted by atomic mass is 16.6. The fourth-order valence-corrected chi connectivity index (χ4v) is 6.22. The summed E-state index contributed by atoms with van der Waals surface area (Å²) in [4.78, 5) is 43.1. The van der Waals surface area contributed by atoms with E-state index in [1.807, 2.05) is 32.5 Å². The SMILES string of the molecule is Cn1nc(C2CCC(=O)NC2=O)c2ccc(N3CCC(CN4CCN(C(=O)OC(C)(C)C)[C@@H](CO)C4)CC3)cc21. The monoisotopic (exact) mass is 554 g/mol. The molecule has 2 aromatic rings. The molecule has 5 rings (SSSR count). The quantitative estimate of drug-likeness (QED) is 0.540. The number of anilines is 1. The number of nitrogens with one attached hydrogen (secondary N) is 1. The van der Waals surface area contributed by atoms with Crippen LogP contribution in [-0.2, 0) is 21.4 Å². The van der Waals surface area contributed by atoms with Crippen molar-refractivity contribution in [3.63, 3.8) is 0 Å². The first-order chi connectivity index (χ1) is 19.0. The number of amides is 3. The molecule has 3 aliphatic heterocycles. The Bertz CT molecular complexity index is 1260. The minimum Gasteiger partial charge on any atom is -0.444 e. The van der Waals surface area contributed by atoms with E-state index in [0.29, 0.717) is 31.8 Å². The number of piperazine rings is 1. The van der Waals surface area contributed by atoms with Crippen molar-refractivity contribution in [2.24, 2.45) is 13.0 Å². The highest BCUT2D eigenvalue weighted by molar-refractivity contribution is 6.02. The predicted molar refractivity (Wildman–Crippen MR) is 151 cm³/mol. The molecule has 40 heavy (non-hydrogen) atoms. The zero-order valence-corrected chi connectivity index (χ0v) is 24.1. The summed E-state index contributed by atoms with van der Waals surface area (Å²) in [5.41, 5.74) is 2.31. The van der Waals surface area contributed by atoms with Gasteiger partial charge in [0.1, 0.15) is 5.60 Å². The molecule has 2 atom stereocenters. The van der Waals surface area contributed by atoms with E-state index in [0.717, 1.165) is 61.3 Å². The first-order valence-corrected chi connectivity index (χ1v) is 14.4. The number of piperidine rings is 2. The zero-order valence-electron chi connectivity index (χ0n) is 24.1.